The molecule has 1 heterocycles. The topological polar surface area (TPSA) is 82.8 Å². The monoisotopic (exact) mass is 195 g/mol. The lowest BCUT2D eigenvalue weighted by Gasteiger charge is -2.17. The molecule has 2 rings (SSSR count). The Balaban J connectivity index is 2.09. The van der Waals surface area contributed by atoms with Crippen molar-refractivity contribution in [1.29, 1.82) is 0 Å². The Morgan fingerprint density at radius 2 is 2.36 bits per heavy atom. The normalized spacial score (nSPS) is 26.9. The first-order chi connectivity index (χ1) is 6.81. The zero-order valence-electron chi connectivity index (χ0n) is 8.26. The summed E-state index contributed by atoms with van der Waals surface area (Å²) in [5.74, 6) is 1.13. The zero-order valence-corrected chi connectivity index (χ0v) is 8.26. The van der Waals surface area contributed by atoms with Crippen LogP contribution in [0.15, 0.2) is 6.20 Å². The lowest BCUT2D eigenvalue weighted by molar-refractivity contribution is 0.308. The maximum atomic E-state index is 5.58. The fourth-order valence-corrected chi connectivity index (χ4v) is 2.32. The lowest BCUT2D eigenvalue weighted by Crippen LogP contribution is -2.19. The SMILES string of the molecule is NCCC1CCCC1n1ncc(N)n1. The highest BCUT2D eigenvalue weighted by molar-refractivity contribution is 5.19. The summed E-state index contributed by atoms with van der Waals surface area (Å²) < 4.78 is 0. The minimum absolute atomic E-state index is 0.413. The highest BCUT2D eigenvalue weighted by Crippen LogP contribution is 2.36. The van der Waals surface area contributed by atoms with Crippen LogP contribution in [0.3, 0.4) is 0 Å². The van der Waals surface area contributed by atoms with Crippen LogP contribution >= 0.6 is 0 Å². The van der Waals surface area contributed by atoms with Gasteiger partial charge in [0.15, 0.2) is 5.82 Å². The van der Waals surface area contributed by atoms with Crippen molar-refractivity contribution in [3.63, 3.8) is 0 Å². The second-order valence-corrected chi connectivity index (χ2v) is 3.93. The van der Waals surface area contributed by atoms with Crippen LogP contribution in [-0.2, 0) is 0 Å². The summed E-state index contributed by atoms with van der Waals surface area (Å²) >= 11 is 0. The van der Waals surface area contributed by atoms with E-state index in [0.29, 0.717) is 17.8 Å². The number of rotatable bonds is 3. The molecule has 0 aromatic carbocycles. The van der Waals surface area contributed by atoms with Crippen LogP contribution in [-0.4, -0.2) is 21.5 Å². The van der Waals surface area contributed by atoms with Crippen LogP contribution in [0, 0.1) is 5.92 Å². The Morgan fingerprint density at radius 3 is 3.00 bits per heavy atom. The highest BCUT2D eigenvalue weighted by atomic mass is 15.5. The van der Waals surface area contributed by atoms with E-state index in [4.69, 9.17) is 11.5 Å². The van der Waals surface area contributed by atoms with E-state index in [1.165, 1.54) is 12.8 Å². The molecule has 1 aromatic heterocycles. The Kier molecular flexibility index (Phi) is 2.67. The van der Waals surface area contributed by atoms with Gasteiger partial charge in [-0.3, -0.25) is 0 Å². The highest BCUT2D eigenvalue weighted by Gasteiger charge is 2.29. The zero-order chi connectivity index (χ0) is 9.97. The first-order valence-electron chi connectivity index (χ1n) is 5.18. The van der Waals surface area contributed by atoms with E-state index in [9.17, 15) is 0 Å². The van der Waals surface area contributed by atoms with Crippen molar-refractivity contribution in [2.75, 3.05) is 12.3 Å². The first-order valence-corrected chi connectivity index (χ1v) is 5.18. The van der Waals surface area contributed by atoms with E-state index in [1.54, 1.807) is 11.0 Å². The van der Waals surface area contributed by atoms with Crippen molar-refractivity contribution in [3.8, 4) is 0 Å². The Morgan fingerprint density at radius 1 is 1.50 bits per heavy atom. The molecule has 0 saturated heterocycles. The Labute approximate surface area is 83.5 Å². The second kappa shape index (κ2) is 3.96. The summed E-state index contributed by atoms with van der Waals surface area (Å²) in [5, 5.41) is 8.34. The third kappa shape index (κ3) is 1.72. The molecule has 78 valence electrons. The van der Waals surface area contributed by atoms with Crippen molar-refractivity contribution >= 4 is 5.82 Å². The van der Waals surface area contributed by atoms with Gasteiger partial charge in [0.25, 0.3) is 0 Å². The molecule has 5 nitrogen and oxygen atoms in total. The van der Waals surface area contributed by atoms with E-state index in [-0.39, 0.29) is 0 Å². The predicted molar refractivity (Wildman–Crippen MR) is 54.5 cm³/mol. The van der Waals surface area contributed by atoms with Gasteiger partial charge in [-0.15, -0.1) is 5.10 Å². The van der Waals surface area contributed by atoms with Crippen LogP contribution in [0.25, 0.3) is 0 Å². The van der Waals surface area contributed by atoms with E-state index >= 15 is 0 Å². The maximum absolute atomic E-state index is 5.58. The third-order valence-electron chi connectivity index (χ3n) is 2.98. The smallest absolute Gasteiger partial charge is 0.165 e. The average molecular weight is 195 g/mol. The van der Waals surface area contributed by atoms with E-state index in [1.807, 2.05) is 0 Å². The summed E-state index contributed by atoms with van der Waals surface area (Å²) in [6.45, 7) is 0.748. The summed E-state index contributed by atoms with van der Waals surface area (Å²) in [6.07, 6.45) is 6.31. The van der Waals surface area contributed by atoms with E-state index in [2.05, 4.69) is 10.2 Å². The van der Waals surface area contributed by atoms with Crippen molar-refractivity contribution in [2.24, 2.45) is 11.7 Å². The molecule has 1 fully saturated rings. The molecule has 14 heavy (non-hydrogen) atoms. The molecule has 1 aromatic rings. The molecular formula is C9H17N5. The van der Waals surface area contributed by atoms with Gasteiger partial charge in [-0.2, -0.15) is 9.90 Å². The molecular weight excluding hydrogens is 178 g/mol. The number of nitrogens with two attached hydrogens (primary N) is 2. The molecule has 5 heteroatoms. The van der Waals surface area contributed by atoms with Crippen LogP contribution < -0.4 is 11.5 Å². The van der Waals surface area contributed by atoms with Crippen LogP contribution in [0.5, 0.6) is 0 Å². The van der Waals surface area contributed by atoms with Gasteiger partial charge in [0, 0.05) is 0 Å². The molecule has 1 saturated carbocycles. The summed E-state index contributed by atoms with van der Waals surface area (Å²) in [6, 6.07) is 0.413. The van der Waals surface area contributed by atoms with Gasteiger partial charge >= 0.3 is 0 Å². The quantitative estimate of drug-likeness (QED) is 0.737. The molecule has 0 radical (unpaired) electrons. The van der Waals surface area contributed by atoms with E-state index < -0.39 is 0 Å². The van der Waals surface area contributed by atoms with Crippen molar-refractivity contribution in [3.05, 3.63) is 6.20 Å². The number of aromatic nitrogens is 3. The number of nitrogen functional groups attached to an aromatic ring is 1. The summed E-state index contributed by atoms with van der Waals surface area (Å²) in [4.78, 5) is 1.77. The lowest BCUT2D eigenvalue weighted by atomic mass is 10.0. The molecule has 0 aliphatic heterocycles. The predicted octanol–water partition coefficient (Wildman–Crippen LogP) is 0.550. The van der Waals surface area contributed by atoms with Gasteiger partial charge in [-0.1, -0.05) is 6.42 Å². The van der Waals surface area contributed by atoms with Gasteiger partial charge in [-0.05, 0) is 31.7 Å². The van der Waals surface area contributed by atoms with Gasteiger partial charge in [0.2, 0.25) is 0 Å². The number of hydrogen-bond donors (Lipinski definition) is 2. The molecule has 1 aliphatic rings. The minimum atomic E-state index is 0.413. The molecule has 0 amide bonds. The van der Waals surface area contributed by atoms with Crippen LogP contribution in [0.4, 0.5) is 5.82 Å². The molecule has 4 N–H and O–H groups in total. The molecule has 2 unspecified atom stereocenters. The molecule has 1 aliphatic carbocycles. The standard InChI is InChI=1S/C9H17N5/c10-5-4-7-2-1-3-8(7)14-12-6-9(11)13-14/h6-8H,1-5,10H2,(H2,11,13). The second-order valence-electron chi connectivity index (χ2n) is 3.93. The van der Waals surface area contributed by atoms with E-state index in [0.717, 1.165) is 19.4 Å². The van der Waals surface area contributed by atoms with Crippen LogP contribution in [0.2, 0.25) is 0 Å². The van der Waals surface area contributed by atoms with Gasteiger partial charge in [0.05, 0.1) is 12.2 Å². The Hall–Kier alpha value is -1.10. The van der Waals surface area contributed by atoms with Crippen molar-refractivity contribution in [1.82, 2.24) is 15.0 Å². The first kappa shape index (κ1) is 9.45. The van der Waals surface area contributed by atoms with Crippen LogP contribution in [0.1, 0.15) is 31.7 Å². The molecule has 2 atom stereocenters. The third-order valence-corrected chi connectivity index (χ3v) is 2.98. The van der Waals surface area contributed by atoms with Gasteiger partial charge in [0.1, 0.15) is 0 Å². The van der Waals surface area contributed by atoms with Gasteiger partial charge in [-0.25, -0.2) is 0 Å². The average Bonchev–Trinajstić information content (AvgIpc) is 2.74. The van der Waals surface area contributed by atoms with Gasteiger partial charge < -0.3 is 11.5 Å². The fraction of sp³-hybridized carbons (Fsp3) is 0.778. The fourth-order valence-electron chi connectivity index (χ4n) is 2.32. The number of anilines is 1. The minimum Gasteiger partial charge on any atom is -0.381 e. The van der Waals surface area contributed by atoms with Crippen molar-refractivity contribution in [2.45, 2.75) is 31.7 Å². The molecule has 0 spiro atoms. The number of nitrogens with zero attached hydrogens (tertiary/aromatic N) is 3. The maximum Gasteiger partial charge on any atom is 0.165 e. The molecule has 0 bridgehead atoms. The Bertz CT molecular complexity index is 295. The number of hydrogen-bond acceptors (Lipinski definition) is 4. The summed E-state index contributed by atoms with van der Waals surface area (Å²) in [7, 11) is 0. The van der Waals surface area contributed by atoms with Crippen molar-refractivity contribution < 1.29 is 0 Å². The summed E-state index contributed by atoms with van der Waals surface area (Å²) in [5.41, 5.74) is 11.1. The largest absolute Gasteiger partial charge is 0.381 e.